The van der Waals surface area contributed by atoms with E-state index in [1.165, 1.54) is 6.42 Å². The van der Waals surface area contributed by atoms with Gasteiger partial charge in [-0.2, -0.15) is 5.10 Å². The minimum Gasteiger partial charge on any atom is -0.493 e. The number of rotatable bonds is 5. The zero-order chi connectivity index (χ0) is 13.9. The molecule has 0 amide bonds. The van der Waals surface area contributed by atoms with Gasteiger partial charge in [0.05, 0.1) is 25.0 Å². The maximum absolute atomic E-state index is 6.30. The molecular weight excluding hydrogens is 226 g/mol. The van der Waals surface area contributed by atoms with Crippen molar-refractivity contribution in [3.05, 3.63) is 11.9 Å². The number of methoxy groups -OCH3 is 1. The van der Waals surface area contributed by atoms with Crippen LogP contribution in [-0.4, -0.2) is 16.9 Å². The molecule has 1 rings (SSSR count). The minimum atomic E-state index is -0.0233. The molecule has 0 bridgehead atoms. The summed E-state index contributed by atoms with van der Waals surface area (Å²) >= 11 is 0. The van der Waals surface area contributed by atoms with Gasteiger partial charge in [0.15, 0.2) is 5.75 Å². The largest absolute Gasteiger partial charge is 0.493 e. The van der Waals surface area contributed by atoms with Gasteiger partial charge in [-0.3, -0.25) is 4.68 Å². The van der Waals surface area contributed by atoms with Crippen molar-refractivity contribution in [1.82, 2.24) is 9.78 Å². The first-order chi connectivity index (χ1) is 8.24. The molecule has 1 heterocycles. The molecule has 0 aliphatic rings. The lowest BCUT2D eigenvalue weighted by Crippen LogP contribution is -2.20. The molecule has 0 radical (unpaired) electrons. The van der Waals surface area contributed by atoms with Crippen molar-refractivity contribution in [1.29, 1.82) is 0 Å². The molecular formula is C14H27N3O. The Kier molecular flexibility index (Phi) is 4.79. The third-order valence-electron chi connectivity index (χ3n) is 3.14. The number of aromatic nitrogens is 2. The van der Waals surface area contributed by atoms with E-state index in [0.29, 0.717) is 11.3 Å². The molecule has 2 unspecified atom stereocenters. The van der Waals surface area contributed by atoms with Crippen LogP contribution in [0.1, 0.15) is 52.3 Å². The molecule has 0 saturated heterocycles. The fraction of sp³-hybridized carbons (Fsp3) is 0.786. The predicted octanol–water partition coefficient (Wildman–Crippen LogP) is 2.89. The molecule has 104 valence electrons. The summed E-state index contributed by atoms with van der Waals surface area (Å²) in [5.74, 6) is 1.37. The van der Waals surface area contributed by atoms with Crippen molar-refractivity contribution in [3.8, 4) is 5.75 Å². The number of hydrogen-bond donors (Lipinski definition) is 1. The summed E-state index contributed by atoms with van der Waals surface area (Å²) in [6.07, 6.45) is 3.84. The maximum Gasteiger partial charge on any atom is 0.161 e. The van der Waals surface area contributed by atoms with Crippen molar-refractivity contribution in [3.63, 3.8) is 0 Å². The molecule has 2 atom stereocenters. The van der Waals surface area contributed by atoms with Crippen LogP contribution >= 0.6 is 0 Å². The Balaban J connectivity index is 2.70. The molecule has 0 fully saturated rings. The summed E-state index contributed by atoms with van der Waals surface area (Å²) < 4.78 is 7.12. The standard InChI is InChI=1S/C14H27N3O/c1-10(8-14(2,3)4)7-11(15)13-12(18-6)9-16-17(13)5/h9-11H,7-8,15H2,1-6H3. The Morgan fingerprint density at radius 2 is 2.06 bits per heavy atom. The lowest BCUT2D eigenvalue weighted by Gasteiger charge is -2.25. The first kappa shape index (κ1) is 15.0. The molecule has 0 aromatic carbocycles. The predicted molar refractivity (Wildman–Crippen MR) is 74.5 cm³/mol. The average Bonchev–Trinajstić information content (AvgIpc) is 2.56. The quantitative estimate of drug-likeness (QED) is 0.878. The van der Waals surface area contributed by atoms with Crippen LogP contribution in [0.4, 0.5) is 0 Å². The van der Waals surface area contributed by atoms with Gasteiger partial charge in [0.2, 0.25) is 0 Å². The van der Waals surface area contributed by atoms with E-state index in [1.54, 1.807) is 13.3 Å². The summed E-state index contributed by atoms with van der Waals surface area (Å²) in [6.45, 7) is 9.05. The maximum atomic E-state index is 6.30. The van der Waals surface area contributed by atoms with Crippen LogP contribution in [0.3, 0.4) is 0 Å². The van der Waals surface area contributed by atoms with E-state index in [-0.39, 0.29) is 6.04 Å². The molecule has 0 aliphatic heterocycles. The summed E-state index contributed by atoms with van der Waals surface area (Å²) in [6, 6.07) is -0.0233. The molecule has 0 spiro atoms. The second kappa shape index (κ2) is 5.74. The van der Waals surface area contributed by atoms with Gasteiger partial charge in [-0.25, -0.2) is 0 Å². The van der Waals surface area contributed by atoms with Crippen molar-refractivity contribution < 1.29 is 4.74 Å². The van der Waals surface area contributed by atoms with Gasteiger partial charge < -0.3 is 10.5 Å². The van der Waals surface area contributed by atoms with Crippen LogP contribution in [0.2, 0.25) is 0 Å². The van der Waals surface area contributed by atoms with Crippen molar-refractivity contribution in [2.45, 2.75) is 46.6 Å². The molecule has 1 aromatic heterocycles. The zero-order valence-corrected chi connectivity index (χ0v) is 12.5. The van der Waals surface area contributed by atoms with Gasteiger partial charge in [0.25, 0.3) is 0 Å². The second-order valence-electron chi connectivity index (χ2n) is 6.43. The van der Waals surface area contributed by atoms with Crippen LogP contribution in [0.25, 0.3) is 0 Å². The van der Waals surface area contributed by atoms with E-state index >= 15 is 0 Å². The van der Waals surface area contributed by atoms with Crippen LogP contribution in [0.15, 0.2) is 6.20 Å². The average molecular weight is 253 g/mol. The Hall–Kier alpha value is -1.03. The highest BCUT2D eigenvalue weighted by Gasteiger charge is 2.22. The Morgan fingerprint density at radius 3 is 2.56 bits per heavy atom. The first-order valence-electron chi connectivity index (χ1n) is 6.56. The SMILES string of the molecule is COc1cnn(C)c1C(N)CC(C)CC(C)(C)C. The van der Waals surface area contributed by atoms with Crippen molar-refractivity contribution in [2.24, 2.45) is 24.1 Å². The molecule has 0 saturated carbocycles. The van der Waals surface area contributed by atoms with Crippen LogP contribution in [0, 0.1) is 11.3 Å². The molecule has 1 aromatic rings. The van der Waals surface area contributed by atoms with Gasteiger partial charge >= 0.3 is 0 Å². The van der Waals surface area contributed by atoms with Crippen molar-refractivity contribution >= 4 is 0 Å². The van der Waals surface area contributed by atoms with Gasteiger partial charge in [0, 0.05) is 7.05 Å². The van der Waals surface area contributed by atoms with Crippen molar-refractivity contribution in [2.75, 3.05) is 7.11 Å². The molecule has 2 N–H and O–H groups in total. The molecule has 0 aliphatic carbocycles. The lowest BCUT2D eigenvalue weighted by molar-refractivity contribution is 0.282. The first-order valence-corrected chi connectivity index (χ1v) is 6.56. The smallest absolute Gasteiger partial charge is 0.161 e. The van der Waals surface area contributed by atoms with Gasteiger partial charge in [-0.15, -0.1) is 0 Å². The summed E-state index contributed by atoms with van der Waals surface area (Å²) in [5, 5.41) is 4.20. The number of aryl methyl sites for hydroxylation is 1. The van der Waals surface area contributed by atoms with E-state index in [9.17, 15) is 0 Å². The Bertz CT molecular complexity index is 379. The van der Waals surface area contributed by atoms with Gasteiger partial charge in [0.1, 0.15) is 0 Å². The summed E-state index contributed by atoms with van der Waals surface area (Å²) in [7, 11) is 3.57. The van der Waals surface area contributed by atoms with Gasteiger partial charge in [-0.1, -0.05) is 27.7 Å². The summed E-state index contributed by atoms with van der Waals surface area (Å²) in [5.41, 5.74) is 7.62. The molecule has 4 heteroatoms. The Labute approximate surface area is 111 Å². The van der Waals surface area contributed by atoms with Gasteiger partial charge in [-0.05, 0) is 24.2 Å². The van der Waals surface area contributed by atoms with Crippen LogP contribution < -0.4 is 10.5 Å². The number of nitrogens with two attached hydrogens (primary N) is 1. The van der Waals surface area contributed by atoms with E-state index in [0.717, 1.165) is 17.9 Å². The fourth-order valence-electron chi connectivity index (χ4n) is 2.68. The highest BCUT2D eigenvalue weighted by atomic mass is 16.5. The molecule has 4 nitrogen and oxygen atoms in total. The highest BCUT2D eigenvalue weighted by molar-refractivity contribution is 5.27. The Morgan fingerprint density at radius 1 is 1.44 bits per heavy atom. The number of ether oxygens (including phenoxy) is 1. The number of hydrogen-bond acceptors (Lipinski definition) is 3. The normalized spacial score (nSPS) is 15.5. The van der Waals surface area contributed by atoms with E-state index < -0.39 is 0 Å². The highest BCUT2D eigenvalue weighted by Crippen LogP contribution is 2.32. The zero-order valence-electron chi connectivity index (χ0n) is 12.5. The van der Waals surface area contributed by atoms with Crippen LogP contribution in [-0.2, 0) is 7.05 Å². The third-order valence-corrected chi connectivity index (χ3v) is 3.14. The third kappa shape index (κ3) is 4.02. The monoisotopic (exact) mass is 253 g/mol. The minimum absolute atomic E-state index is 0.0233. The molecule has 18 heavy (non-hydrogen) atoms. The van der Waals surface area contributed by atoms with Crippen LogP contribution in [0.5, 0.6) is 5.75 Å². The number of nitrogens with zero attached hydrogens (tertiary/aromatic N) is 2. The van der Waals surface area contributed by atoms with E-state index in [4.69, 9.17) is 10.5 Å². The van der Waals surface area contributed by atoms with E-state index in [2.05, 4.69) is 32.8 Å². The topological polar surface area (TPSA) is 53.1 Å². The second-order valence-corrected chi connectivity index (χ2v) is 6.43. The lowest BCUT2D eigenvalue weighted by atomic mass is 9.82. The fourth-order valence-corrected chi connectivity index (χ4v) is 2.68. The van der Waals surface area contributed by atoms with E-state index in [1.807, 2.05) is 11.7 Å². The summed E-state index contributed by atoms with van der Waals surface area (Å²) in [4.78, 5) is 0.